The minimum absolute atomic E-state index is 0.0137. The van der Waals surface area contributed by atoms with E-state index in [4.69, 9.17) is 0 Å². The van der Waals surface area contributed by atoms with Gasteiger partial charge in [-0.2, -0.15) is 11.3 Å². The van der Waals surface area contributed by atoms with E-state index in [-0.39, 0.29) is 5.91 Å². The molecule has 0 aromatic carbocycles. The first-order valence-corrected chi connectivity index (χ1v) is 8.27. The molecule has 20 heavy (non-hydrogen) atoms. The summed E-state index contributed by atoms with van der Waals surface area (Å²) < 4.78 is 0. The first kappa shape index (κ1) is 15.2. The molecule has 0 radical (unpaired) electrons. The largest absolute Gasteiger partial charge is 0.351 e. The van der Waals surface area contributed by atoms with Gasteiger partial charge in [0.1, 0.15) is 9.88 Å². The lowest BCUT2D eigenvalue weighted by molar-refractivity contribution is 0.0955. The Labute approximate surface area is 127 Å². The number of nitrogens with one attached hydrogen (secondary N) is 1. The summed E-state index contributed by atoms with van der Waals surface area (Å²) in [7, 11) is 4.06. The molecule has 0 aliphatic heterocycles. The van der Waals surface area contributed by atoms with Crippen molar-refractivity contribution in [3.8, 4) is 10.6 Å². The number of carbonyl (C=O) groups excluding carboxylic acids is 1. The zero-order valence-corrected chi connectivity index (χ0v) is 13.6. The van der Waals surface area contributed by atoms with Gasteiger partial charge in [-0.05, 0) is 45.4 Å². The summed E-state index contributed by atoms with van der Waals surface area (Å²) in [6.45, 7) is 3.56. The second-order valence-corrected chi connectivity index (χ2v) is 6.64. The number of hydrogen-bond donors (Lipinski definition) is 1. The van der Waals surface area contributed by atoms with Gasteiger partial charge in [-0.25, -0.2) is 4.98 Å². The number of hydrogen-bond acceptors (Lipinski definition) is 5. The lowest BCUT2D eigenvalue weighted by Gasteiger charge is -2.09. The van der Waals surface area contributed by atoms with E-state index < -0.39 is 0 Å². The summed E-state index contributed by atoms with van der Waals surface area (Å²) in [6, 6.07) is 2.03. The lowest BCUT2D eigenvalue weighted by atomic mass is 10.3. The van der Waals surface area contributed by atoms with Gasteiger partial charge in [-0.1, -0.05) is 0 Å². The number of aromatic nitrogens is 1. The molecule has 2 rings (SSSR count). The number of thiophene rings is 1. The molecule has 0 aliphatic carbocycles. The molecular weight excluding hydrogens is 290 g/mol. The van der Waals surface area contributed by atoms with Crippen LogP contribution in [-0.4, -0.2) is 43.0 Å². The Kier molecular flexibility index (Phi) is 5.28. The van der Waals surface area contributed by atoms with Crippen LogP contribution in [0.1, 0.15) is 21.8 Å². The van der Waals surface area contributed by atoms with Crippen LogP contribution in [0.3, 0.4) is 0 Å². The molecule has 2 aromatic rings. The Balaban J connectivity index is 1.96. The van der Waals surface area contributed by atoms with Crippen molar-refractivity contribution in [2.75, 3.05) is 27.2 Å². The average Bonchev–Trinajstić information content (AvgIpc) is 3.02. The highest BCUT2D eigenvalue weighted by Crippen LogP contribution is 2.29. The summed E-state index contributed by atoms with van der Waals surface area (Å²) in [5.41, 5.74) is 1.90. The average molecular weight is 309 g/mol. The Hall–Kier alpha value is -1.24. The molecule has 0 bridgehead atoms. The van der Waals surface area contributed by atoms with Crippen LogP contribution in [0.5, 0.6) is 0 Å². The Morgan fingerprint density at radius 3 is 2.90 bits per heavy atom. The van der Waals surface area contributed by atoms with E-state index in [1.807, 2.05) is 32.5 Å². The predicted octanol–water partition coefficient (Wildman–Crippen LogP) is 2.86. The SMILES string of the molecule is Cc1nc(-c2ccsc2)sc1C(=O)NCCCN(C)C. The molecule has 0 unspecified atom stereocenters. The molecule has 4 nitrogen and oxygen atoms in total. The van der Waals surface area contributed by atoms with Gasteiger partial charge in [0.05, 0.1) is 5.69 Å². The van der Waals surface area contributed by atoms with E-state index in [0.29, 0.717) is 6.54 Å². The van der Waals surface area contributed by atoms with Gasteiger partial charge in [0.15, 0.2) is 0 Å². The standard InChI is InChI=1S/C14H19N3OS2/c1-10-12(13(18)15-6-4-7-17(2)3)20-14(16-10)11-5-8-19-9-11/h5,8-9H,4,6-7H2,1-3H3,(H,15,18). The highest BCUT2D eigenvalue weighted by molar-refractivity contribution is 7.17. The van der Waals surface area contributed by atoms with E-state index in [9.17, 15) is 4.79 Å². The molecule has 1 amide bonds. The minimum Gasteiger partial charge on any atom is -0.351 e. The maximum atomic E-state index is 12.1. The van der Waals surface area contributed by atoms with Crippen LogP contribution in [0.2, 0.25) is 0 Å². The second kappa shape index (κ2) is 6.97. The van der Waals surface area contributed by atoms with E-state index >= 15 is 0 Å². The fourth-order valence-electron chi connectivity index (χ4n) is 1.79. The quantitative estimate of drug-likeness (QED) is 0.835. The van der Waals surface area contributed by atoms with Crippen molar-refractivity contribution >= 4 is 28.6 Å². The third kappa shape index (κ3) is 3.88. The number of nitrogens with zero attached hydrogens (tertiary/aromatic N) is 2. The van der Waals surface area contributed by atoms with Crippen molar-refractivity contribution in [3.63, 3.8) is 0 Å². The summed E-state index contributed by atoms with van der Waals surface area (Å²) in [5.74, 6) is -0.0137. The maximum absolute atomic E-state index is 12.1. The molecule has 0 atom stereocenters. The summed E-state index contributed by atoms with van der Waals surface area (Å²) >= 11 is 3.10. The smallest absolute Gasteiger partial charge is 0.263 e. The van der Waals surface area contributed by atoms with Crippen molar-refractivity contribution < 1.29 is 4.79 Å². The van der Waals surface area contributed by atoms with Crippen molar-refractivity contribution in [2.24, 2.45) is 0 Å². The summed E-state index contributed by atoms with van der Waals surface area (Å²) in [4.78, 5) is 19.5. The highest BCUT2D eigenvalue weighted by atomic mass is 32.1. The number of thiazole rings is 1. The summed E-state index contributed by atoms with van der Waals surface area (Å²) in [5, 5.41) is 7.95. The first-order chi connectivity index (χ1) is 9.58. The van der Waals surface area contributed by atoms with Gasteiger partial charge in [-0.3, -0.25) is 4.79 Å². The van der Waals surface area contributed by atoms with Crippen LogP contribution in [0, 0.1) is 6.92 Å². The van der Waals surface area contributed by atoms with Gasteiger partial charge in [0.2, 0.25) is 0 Å². The fraction of sp³-hybridized carbons (Fsp3) is 0.429. The van der Waals surface area contributed by atoms with Crippen LogP contribution in [0.15, 0.2) is 16.8 Å². The molecular formula is C14H19N3OS2. The van der Waals surface area contributed by atoms with Gasteiger partial charge in [0.25, 0.3) is 5.91 Å². The third-order valence-corrected chi connectivity index (χ3v) is 4.73. The number of carbonyl (C=O) groups is 1. The lowest BCUT2D eigenvalue weighted by Crippen LogP contribution is -2.26. The molecule has 0 saturated carbocycles. The van der Waals surface area contributed by atoms with E-state index in [0.717, 1.165) is 34.1 Å². The van der Waals surface area contributed by atoms with Crippen LogP contribution in [0.25, 0.3) is 10.6 Å². The fourth-order valence-corrected chi connectivity index (χ4v) is 3.49. The zero-order valence-electron chi connectivity index (χ0n) is 12.0. The Bertz CT molecular complexity index is 561. The van der Waals surface area contributed by atoms with Crippen molar-refractivity contribution in [1.82, 2.24) is 15.2 Å². The van der Waals surface area contributed by atoms with Gasteiger partial charge in [-0.15, -0.1) is 11.3 Å². The Morgan fingerprint density at radius 1 is 1.45 bits per heavy atom. The van der Waals surface area contributed by atoms with Crippen LogP contribution >= 0.6 is 22.7 Å². The van der Waals surface area contributed by atoms with Crippen molar-refractivity contribution in [2.45, 2.75) is 13.3 Å². The van der Waals surface area contributed by atoms with Crippen LogP contribution in [-0.2, 0) is 0 Å². The van der Waals surface area contributed by atoms with Crippen molar-refractivity contribution in [1.29, 1.82) is 0 Å². The monoisotopic (exact) mass is 309 g/mol. The number of amides is 1. The van der Waals surface area contributed by atoms with Gasteiger partial charge in [0, 0.05) is 17.5 Å². The molecule has 0 fully saturated rings. The second-order valence-electron chi connectivity index (χ2n) is 4.86. The molecule has 1 N–H and O–H groups in total. The first-order valence-electron chi connectivity index (χ1n) is 6.51. The van der Waals surface area contributed by atoms with E-state index in [1.54, 1.807) is 11.3 Å². The number of rotatable bonds is 6. The van der Waals surface area contributed by atoms with Crippen LogP contribution < -0.4 is 5.32 Å². The molecule has 6 heteroatoms. The van der Waals surface area contributed by atoms with E-state index in [1.165, 1.54) is 11.3 Å². The Morgan fingerprint density at radius 2 is 2.25 bits per heavy atom. The molecule has 2 heterocycles. The normalized spacial score (nSPS) is 11.0. The highest BCUT2D eigenvalue weighted by Gasteiger charge is 2.15. The molecule has 0 aliphatic rings. The van der Waals surface area contributed by atoms with Gasteiger partial charge < -0.3 is 10.2 Å². The minimum atomic E-state index is -0.0137. The molecule has 0 spiro atoms. The molecule has 108 valence electrons. The molecule has 0 saturated heterocycles. The van der Waals surface area contributed by atoms with Gasteiger partial charge >= 0.3 is 0 Å². The topological polar surface area (TPSA) is 45.2 Å². The number of aryl methyl sites for hydroxylation is 1. The maximum Gasteiger partial charge on any atom is 0.263 e. The van der Waals surface area contributed by atoms with Crippen molar-refractivity contribution in [3.05, 3.63) is 27.4 Å². The van der Waals surface area contributed by atoms with E-state index in [2.05, 4.69) is 20.6 Å². The predicted molar refractivity (Wildman–Crippen MR) is 85.7 cm³/mol. The third-order valence-electron chi connectivity index (χ3n) is 2.84. The zero-order chi connectivity index (χ0) is 14.5. The van der Waals surface area contributed by atoms with Crippen LogP contribution in [0.4, 0.5) is 0 Å². The molecule has 2 aromatic heterocycles. The summed E-state index contributed by atoms with van der Waals surface area (Å²) in [6.07, 6.45) is 0.952.